The molecule has 1 saturated carbocycles. The van der Waals surface area contributed by atoms with Crippen LogP contribution in [0.3, 0.4) is 0 Å². The van der Waals surface area contributed by atoms with E-state index in [1.54, 1.807) is 6.92 Å². The minimum absolute atomic E-state index is 0.0691. The maximum absolute atomic E-state index is 12.8. The fourth-order valence-corrected chi connectivity index (χ4v) is 5.25. The largest absolute Gasteiger partial charge is 0.445 e. The van der Waals surface area contributed by atoms with Crippen LogP contribution in [-0.2, 0) is 19.1 Å². The summed E-state index contributed by atoms with van der Waals surface area (Å²) in [6.45, 7) is 7.23. The van der Waals surface area contributed by atoms with Gasteiger partial charge in [0.2, 0.25) is 11.1 Å². The van der Waals surface area contributed by atoms with E-state index in [0.717, 1.165) is 19.3 Å². The number of carbonyl (C=O) groups excluding carboxylic acids is 2. The minimum Gasteiger partial charge on any atom is -0.445 e. The molecule has 7 nitrogen and oxygen atoms in total. The Kier molecular flexibility index (Phi) is 3.63. The maximum Gasteiger partial charge on any atom is 0.397 e. The third kappa shape index (κ3) is 1.83. The van der Waals surface area contributed by atoms with Crippen LogP contribution in [0.25, 0.3) is 4.85 Å². The lowest BCUT2D eigenvalue weighted by Gasteiger charge is -2.53. The summed E-state index contributed by atoms with van der Waals surface area (Å²) >= 11 is 5.78. The van der Waals surface area contributed by atoms with Crippen LogP contribution >= 0.6 is 11.6 Å². The van der Waals surface area contributed by atoms with Crippen LogP contribution in [0.2, 0.25) is 0 Å². The Morgan fingerprint density at radius 2 is 2.24 bits per heavy atom. The van der Waals surface area contributed by atoms with Gasteiger partial charge in [-0.15, -0.1) is 11.6 Å². The van der Waals surface area contributed by atoms with Gasteiger partial charge in [-0.05, 0) is 26.2 Å². The van der Waals surface area contributed by atoms with Crippen molar-refractivity contribution in [2.45, 2.75) is 74.0 Å². The summed E-state index contributed by atoms with van der Waals surface area (Å²) in [5.74, 6) is -1.05. The standard InChI is InChI=1S/C17H21ClN2O5/c1-15-16(19-2,7-4-8-18)13(22)20-17(15,14(23)25-15)12(21)9-5-3-6-10-11(9)24-10/h2,9-12,21H,3-8H2,1H3/p+1/t9-,10-,11+,12-,15-,16+,17-/m0/s1. The molecule has 8 heteroatoms. The SMILES string of the molecule is C#[N+][C@]1(CCCCl)C(=O)N[C@@]2([C@@H](O)[C@H]3CCC[C@@H]4O[C@H]34)C(=O)O[C@]21C. The van der Waals surface area contributed by atoms with Crippen molar-refractivity contribution in [1.29, 1.82) is 0 Å². The first-order valence-electron chi connectivity index (χ1n) is 8.75. The molecule has 0 radical (unpaired) electrons. The highest BCUT2D eigenvalue weighted by Gasteiger charge is 2.91. The molecule has 0 aromatic rings. The third-order valence-electron chi connectivity index (χ3n) is 6.66. The Hall–Kier alpha value is -1.36. The Balaban J connectivity index is 1.72. The quantitative estimate of drug-likeness (QED) is 0.425. The van der Waals surface area contributed by atoms with Crippen molar-refractivity contribution in [1.82, 2.24) is 5.32 Å². The van der Waals surface area contributed by atoms with Gasteiger partial charge in [0.25, 0.3) is 6.57 Å². The molecule has 4 aliphatic rings. The highest BCUT2D eigenvalue weighted by atomic mass is 35.5. The van der Waals surface area contributed by atoms with E-state index in [2.05, 4.69) is 10.2 Å². The number of hydrogen-bond donors (Lipinski definition) is 2. The third-order valence-corrected chi connectivity index (χ3v) is 6.93. The van der Waals surface area contributed by atoms with Crippen LogP contribution in [0, 0.1) is 12.5 Å². The number of aliphatic hydroxyl groups is 1. The van der Waals surface area contributed by atoms with Crippen LogP contribution in [0.15, 0.2) is 0 Å². The van der Waals surface area contributed by atoms with Gasteiger partial charge < -0.3 is 19.9 Å². The topological polar surface area (TPSA) is 92.5 Å². The van der Waals surface area contributed by atoms with E-state index in [1.165, 1.54) is 0 Å². The van der Waals surface area contributed by atoms with Gasteiger partial charge in [-0.2, -0.15) is 0 Å². The van der Waals surface area contributed by atoms with Gasteiger partial charge in [0.1, 0.15) is 0 Å². The zero-order valence-electron chi connectivity index (χ0n) is 14.0. The van der Waals surface area contributed by atoms with Crippen LogP contribution in [-0.4, -0.2) is 57.9 Å². The molecule has 0 spiro atoms. The first-order valence-corrected chi connectivity index (χ1v) is 9.29. The number of carbonyl (C=O) groups is 2. The van der Waals surface area contributed by atoms with Gasteiger partial charge in [-0.25, -0.2) is 4.79 Å². The van der Waals surface area contributed by atoms with E-state index in [0.29, 0.717) is 12.3 Å². The second-order valence-electron chi connectivity index (χ2n) is 7.65. The van der Waals surface area contributed by atoms with E-state index >= 15 is 0 Å². The molecule has 0 unspecified atom stereocenters. The van der Waals surface area contributed by atoms with Crippen molar-refractivity contribution in [3.05, 3.63) is 4.85 Å². The monoisotopic (exact) mass is 369 g/mol. The number of aliphatic hydroxyl groups excluding tert-OH is 1. The minimum atomic E-state index is -1.54. The number of fused-ring (bicyclic) bond motifs is 2. The number of nitrogens with zero attached hydrogens (tertiary/aromatic N) is 1. The highest BCUT2D eigenvalue weighted by Crippen LogP contribution is 2.58. The predicted molar refractivity (Wildman–Crippen MR) is 88.4 cm³/mol. The Morgan fingerprint density at radius 3 is 2.88 bits per heavy atom. The highest BCUT2D eigenvalue weighted by molar-refractivity contribution is 6.17. The Labute approximate surface area is 150 Å². The van der Waals surface area contributed by atoms with Crippen molar-refractivity contribution in [3.8, 4) is 6.57 Å². The molecular formula is C17H22ClN2O5+. The number of nitrogens with one attached hydrogen (secondary N) is 1. The smallest absolute Gasteiger partial charge is 0.397 e. The number of alkyl halides is 1. The zero-order chi connectivity index (χ0) is 18.0. The molecular weight excluding hydrogens is 348 g/mol. The summed E-state index contributed by atoms with van der Waals surface area (Å²) < 4.78 is 11.1. The molecule has 1 amide bonds. The van der Waals surface area contributed by atoms with Gasteiger partial charge in [-0.1, -0.05) is 11.3 Å². The van der Waals surface area contributed by atoms with Gasteiger partial charge in [-0.3, -0.25) is 4.79 Å². The average Bonchev–Trinajstić information content (AvgIpc) is 3.36. The van der Waals surface area contributed by atoms with Crippen molar-refractivity contribution in [2.24, 2.45) is 5.92 Å². The molecule has 0 bridgehead atoms. The molecule has 3 saturated heterocycles. The van der Waals surface area contributed by atoms with Crippen molar-refractivity contribution < 1.29 is 24.2 Å². The summed E-state index contributed by atoms with van der Waals surface area (Å²) in [6, 6.07) is 0. The average molecular weight is 370 g/mol. The number of esters is 1. The molecule has 2 N–H and O–H groups in total. The molecule has 7 atom stereocenters. The number of epoxide rings is 1. The fraction of sp³-hybridized carbons (Fsp3) is 0.824. The second kappa shape index (κ2) is 5.32. The van der Waals surface area contributed by atoms with Crippen LogP contribution in [0.5, 0.6) is 0 Å². The van der Waals surface area contributed by atoms with Crippen LogP contribution in [0.1, 0.15) is 39.0 Å². The summed E-state index contributed by atoms with van der Waals surface area (Å²) in [5.41, 5.74) is -4.34. The van der Waals surface area contributed by atoms with E-state index in [-0.39, 0.29) is 24.5 Å². The van der Waals surface area contributed by atoms with E-state index in [4.69, 9.17) is 27.6 Å². The number of hydrogen-bond acceptors (Lipinski definition) is 5. The summed E-state index contributed by atoms with van der Waals surface area (Å²) in [5, 5.41) is 13.9. The number of ether oxygens (including phenoxy) is 2. The lowest BCUT2D eigenvalue weighted by molar-refractivity contribution is -0.240. The predicted octanol–water partition coefficient (Wildman–Crippen LogP) is 0.819. The molecule has 3 heterocycles. The van der Waals surface area contributed by atoms with Gasteiger partial charge in [0.15, 0.2) is 0 Å². The molecule has 4 rings (SSSR count). The molecule has 0 aromatic heterocycles. The first kappa shape index (κ1) is 17.1. The lowest BCUT2D eigenvalue weighted by atomic mass is 9.61. The molecule has 3 aliphatic heterocycles. The molecule has 4 fully saturated rings. The zero-order valence-corrected chi connectivity index (χ0v) is 14.8. The molecule has 0 aromatic carbocycles. The summed E-state index contributed by atoms with van der Waals surface area (Å²) in [6.07, 6.45) is 2.29. The van der Waals surface area contributed by atoms with Crippen LogP contribution in [0.4, 0.5) is 0 Å². The Morgan fingerprint density at radius 1 is 1.48 bits per heavy atom. The van der Waals surface area contributed by atoms with Crippen molar-refractivity contribution in [3.63, 3.8) is 0 Å². The second-order valence-corrected chi connectivity index (χ2v) is 8.02. The van der Waals surface area contributed by atoms with Crippen molar-refractivity contribution >= 4 is 23.5 Å². The van der Waals surface area contributed by atoms with E-state index in [1.807, 2.05) is 0 Å². The first-order chi connectivity index (χ1) is 11.9. The van der Waals surface area contributed by atoms with Gasteiger partial charge in [0, 0.05) is 18.2 Å². The molecule has 25 heavy (non-hydrogen) atoms. The lowest BCUT2D eigenvalue weighted by Crippen LogP contribution is -2.82. The fourth-order valence-electron chi connectivity index (χ4n) is 5.12. The normalized spacial score (nSPS) is 48.3. The number of rotatable bonds is 5. The summed E-state index contributed by atoms with van der Waals surface area (Å²) in [7, 11) is 0. The van der Waals surface area contributed by atoms with Crippen molar-refractivity contribution in [2.75, 3.05) is 5.88 Å². The van der Waals surface area contributed by atoms with Gasteiger partial charge in [0.05, 0.1) is 18.3 Å². The van der Waals surface area contributed by atoms with E-state index in [9.17, 15) is 14.7 Å². The Bertz CT molecular complexity index is 680. The summed E-state index contributed by atoms with van der Waals surface area (Å²) in [4.78, 5) is 29.2. The van der Waals surface area contributed by atoms with Gasteiger partial charge >= 0.3 is 17.4 Å². The molecule has 1 aliphatic carbocycles. The van der Waals surface area contributed by atoms with Crippen LogP contribution < -0.4 is 5.32 Å². The van der Waals surface area contributed by atoms with E-state index < -0.39 is 34.7 Å². The number of amides is 1. The molecule has 136 valence electrons. The number of halogens is 1. The maximum atomic E-state index is 12.8.